The summed E-state index contributed by atoms with van der Waals surface area (Å²) in [5, 5.41) is 4.93. The van der Waals surface area contributed by atoms with Gasteiger partial charge < -0.3 is 0 Å². The lowest BCUT2D eigenvalue weighted by Crippen LogP contribution is -2.19. The van der Waals surface area contributed by atoms with E-state index in [9.17, 15) is 4.79 Å². The summed E-state index contributed by atoms with van der Waals surface area (Å²) in [5.41, 5.74) is 3.82. The molecular weight excluding hydrogens is 421 g/mol. The summed E-state index contributed by atoms with van der Waals surface area (Å²) < 4.78 is 1.93. The second-order valence-corrected chi connectivity index (χ2v) is 8.23. The molecular formula is C16H10Cl3N3OS2. The predicted molar refractivity (Wildman–Crippen MR) is 108 cm³/mol. The number of thiazole rings is 1. The Morgan fingerprint density at radius 1 is 1.20 bits per heavy atom. The Morgan fingerprint density at radius 3 is 2.76 bits per heavy atom. The normalized spacial score (nSPS) is 11.3. The molecule has 0 unspecified atom stereocenters. The lowest BCUT2D eigenvalue weighted by Gasteiger charge is -2.03. The van der Waals surface area contributed by atoms with Crippen molar-refractivity contribution >= 4 is 80.2 Å². The van der Waals surface area contributed by atoms with Crippen molar-refractivity contribution in [3.05, 3.63) is 57.0 Å². The number of amides is 1. The van der Waals surface area contributed by atoms with Gasteiger partial charge in [-0.25, -0.2) is 10.4 Å². The zero-order valence-corrected chi connectivity index (χ0v) is 16.4. The maximum Gasteiger partial charge on any atom is 0.250 e. The summed E-state index contributed by atoms with van der Waals surface area (Å²) >= 11 is 20.9. The molecule has 2 aromatic carbocycles. The molecule has 1 N–H and O–H groups in total. The van der Waals surface area contributed by atoms with Gasteiger partial charge in [0.15, 0.2) is 4.34 Å². The highest BCUT2D eigenvalue weighted by molar-refractivity contribution is 8.01. The van der Waals surface area contributed by atoms with Crippen molar-refractivity contribution in [3.63, 3.8) is 0 Å². The summed E-state index contributed by atoms with van der Waals surface area (Å²) in [6.45, 7) is 0. The van der Waals surface area contributed by atoms with E-state index in [1.165, 1.54) is 18.0 Å². The van der Waals surface area contributed by atoms with Crippen LogP contribution in [0.3, 0.4) is 0 Å². The number of carbonyl (C=O) groups is 1. The molecule has 9 heteroatoms. The number of para-hydroxylation sites is 1. The summed E-state index contributed by atoms with van der Waals surface area (Å²) in [6, 6.07) is 11.0. The van der Waals surface area contributed by atoms with Gasteiger partial charge in [-0.05, 0) is 24.3 Å². The van der Waals surface area contributed by atoms with Crippen LogP contribution in [0.5, 0.6) is 0 Å². The second kappa shape index (κ2) is 8.38. The van der Waals surface area contributed by atoms with Gasteiger partial charge in [-0.1, -0.05) is 58.7 Å². The summed E-state index contributed by atoms with van der Waals surface area (Å²) in [7, 11) is 0. The molecule has 3 aromatic rings. The fourth-order valence-corrected chi connectivity index (χ4v) is 4.40. The van der Waals surface area contributed by atoms with Crippen molar-refractivity contribution in [2.75, 3.05) is 5.75 Å². The molecule has 25 heavy (non-hydrogen) atoms. The first kappa shape index (κ1) is 18.5. The van der Waals surface area contributed by atoms with Crippen molar-refractivity contribution in [3.8, 4) is 0 Å². The molecule has 0 bridgehead atoms. The quantitative estimate of drug-likeness (QED) is 0.252. The zero-order valence-electron chi connectivity index (χ0n) is 12.5. The van der Waals surface area contributed by atoms with Crippen LogP contribution in [-0.4, -0.2) is 22.9 Å². The number of hydrogen-bond acceptors (Lipinski definition) is 5. The monoisotopic (exact) mass is 429 g/mol. The molecule has 1 amide bonds. The van der Waals surface area contributed by atoms with Gasteiger partial charge in [0.2, 0.25) is 0 Å². The van der Waals surface area contributed by atoms with Crippen LogP contribution >= 0.6 is 57.9 Å². The number of thioether (sulfide) groups is 1. The van der Waals surface area contributed by atoms with Gasteiger partial charge in [-0.3, -0.25) is 4.79 Å². The third kappa shape index (κ3) is 4.65. The Kier molecular flexibility index (Phi) is 6.19. The maximum atomic E-state index is 11.9. The van der Waals surface area contributed by atoms with Gasteiger partial charge in [-0.15, -0.1) is 11.3 Å². The van der Waals surface area contributed by atoms with Crippen LogP contribution in [0.4, 0.5) is 0 Å². The minimum atomic E-state index is -0.255. The fraction of sp³-hybridized carbons (Fsp3) is 0.0625. The first-order chi connectivity index (χ1) is 12.0. The van der Waals surface area contributed by atoms with E-state index >= 15 is 0 Å². The minimum absolute atomic E-state index is 0.203. The number of benzene rings is 2. The number of carbonyl (C=O) groups excluding carboxylic acids is 1. The van der Waals surface area contributed by atoms with E-state index in [2.05, 4.69) is 15.5 Å². The number of nitrogens with zero attached hydrogens (tertiary/aromatic N) is 2. The first-order valence-electron chi connectivity index (χ1n) is 6.98. The van der Waals surface area contributed by atoms with Crippen LogP contribution in [0, 0.1) is 0 Å². The molecule has 0 aliphatic heterocycles. The van der Waals surface area contributed by atoms with E-state index in [1.54, 1.807) is 23.5 Å². The van der Waals surface area contributed by atoms with Gasteiger partial charge in [0, 0.05) is 5.56 Å². The number of rotatable bonds is 5. The molecule has 1 heterocycles. The molecule has 0 aliphatic carbocycles. The Bertz CT molecular complexity index is 926. The van der Waals surface area contributed by atoms with Gasteiger partial charge >= 0.3 is 0 Å². The second-order valence-electron chi connectivity index (χ2n) is 4.79. The van der Waals surface area contributed by atoms with Crippen LogP contribution in [0.25, 0.3) is 10.2 Å². The topological polar surface area (TPSA) is 54.4 Å². The summed E-state index contributed by atoms with van der Waals surface area (Å²) in [6.07, 6.45) is 1.37. The van der Waals surface area contributed by atoms with E-state index in [0.29, 0.717) is 15.6 Å². The number of aromatic nitrogens is 1. The average Bonchev–Trinajstić information content (AvgIpc) is 3.02. The Labute approximate surface area is 167 Å². The minimum Gasteiger partial charge on any atom is -0.272 e. The third-order valence-electron chi connectivity index (χ3n) is 3.06. The molecule has 0 aliphatic rings. The van der Waals surface area contributed by atoms with Crippen LogP contribution in [-0.2, 0) is 4.79 Å². The van der Waals surface area contributed by atoms with Crippen molar-refractivity contribution in [2.45, 2.75) is 4.34 Å². The van der Waals surface area contributed by atoms with E-state index in [-0.39, 0.29) is 16.7 Å². The van der Waals surface area contributed by atoms with Crippen molar-refractivity contribution in [1.82, 2.24) is 10.4 Å². The van der Waals surface area contributed by atoms with Crippen LogP contribution in [0.1, 0.15) is 5.56 Å². The molecule has 1 aromatic heterocycles. The molecule has 128 valence electrons. The Balaban J connectivity index is 1.57. The number of halogens is 3. The van der Waals surface area contributed by atoms with E-state index in [4.69, 9.17) is 34.8 Å². The van der Waals surface area contributed by atoms with Gasteiger partial charge in [-0.2, -0.15) is 5.10 Å². The standard InChI is InChI=1S/C16H10Cl3N3OS2/c17-10-5-6-11(18)15(19)9(10)7-20-22-14(23)8-24-16-21-12-3-1-2-4-13(12)25-16/h1-7H,8H2,(H,22,23)/b20-7-. The van der Waals surface area contributed by atoms with Crippen molar-refractivity contribution < 1.29 is 4.79 Å². The highest BCUT2D eigenvalue weighted by Crippen LogP contribution is 2.30. The number of hydrazone groups is 1. The van der Waals surface area contributed by atoms with E-state index < -0.39 is 0 Å². The van der Waals surface area contributed by atoms with Crippen LogP contribution in [0.15, 0.2) is 45.8 Å². The largest absolute Gasteiger partial charge is 0.272 e. The van der Waals surface area contributed by atoms with Gasteiger partial charge in [0.1, 0.15) is 0 Å². The van der Waals surface area contributed by atoms with E-state index in [1.807, 2.05) is 24.3 Å². The highest BCUT2D eigenvalue weighted by atomic mass is 35.5. The number of hydrogen-bond donors (Lipinski definition) is 1. The molecule has 0 spiro atoms. The van der Waals surface area contributed by atoms with Crippen molar-refractivity contribution in [1.29, 1.82) is 0 Å². The number of nitrogens with one attached hydrogen (secondary N) is 1. The summed E-state index contributed by atoms with van der Waals surface area (Å²) in [5.74, 6) is -0.0523. The van der Waals surface area contributed by atoms with Crippen LogP contribution < -0.4 is 5.43 Å². The lowest BCUT2D eigenvalue weighted by atomic mass is 10.2. The Morgan fingerprint density at radius 2 is 1.96 bits per heavy atom. The van der Waals surface area contributed by atoms with Gasteiger partial charge in [0.05, 0.1) is 37.3 Å². The summed E-state index contributed by atoms with van der Waals surface area (Å²) in [4.78, 5) is 16.4. The number of fused-ring (bicyclic) bond motifs is 1. The molecule has 0 fully saturated rings. The average molecular weight is 431 g/mol. The molecule has 0 atom stereocenters. The highest BCUT2D eigenvalue weighted by Gasteiger charge is 2.09. The maximum absolute atomic E-state index is 11.9. The molecule has 0 radical (unpaired) electrons. The van der Waals surface area contributed by atoms with Crippen LogP contribution in [0.2, 0.25) is 15.1 Å². The van der Waals surface area contributed by atoms with Gasteiger partial charge in [0.25, 0.3) is 5.91 Å². The molecule has 0 saturated carbocycles. The Hall–Kier alpha value is -1.31. The first-order valence-corrected chi connectivity index (χ1v) is 9.92. The van der Waals surface area contributed by atoms with E-state index in [0.717, 1.165) is 14.6 Å². The predicted octanol–water partition coefficient (Wildman–Crippen LogP) is 5.50. The molecule has 0 saturated heterocycles. The fourth-order valence-electron chi connectivity index (χ4n) is 1.90. The molecule has 3 rings (SSSR count). The SMILES string of the molecule is O=C(CSc1nc2ccccc2s1)N/N=C\c1c(Cl)ccc(Cl)c1Cl. The zero-order chi connectivity index (χ0) is 17.8. The third-order valence-corrected chi connectivity index (χ3v) is 6.39. The van der Waals surface area contributed by atoms with Crippen molar-refractivity contribution in [2.24, 2.45) is 5.10 Å². The molecule has 4 nitrogen and oxygen atoms in total. The lowest BCUT2D eigenvalue weighted by molar-refractivity contribution is -0.118. The smallest absolute Gasteiger partial charge is 0.250 e.